The quantitative estimate of drug-likeness (QED) is 0.663. The zero-order valence-corrected chi connectivity index (χ0v) is 6.32. The van der Waals surface area contributed by atoms with E-state index in [1.165, 1.54) is 0 Å². The highest BCUT2D eigenvalue weighted by Gasteiger charge is 2.01. The molecule has 2 aromatic heterocycles. The lowest BCUT2D eigenvalue weighted by atomic mass is 10.7. The summed E-state index contributed by atoms with van der Waals surface area (Å²) in [5, 5.41) is 4.40. The molecule has 6 heteroatoms. The summed E-state index contributed by atoms with van der Waals surface area (Å²) in [6.45, 7) is 0. The molecule has 11 heavy (non-hydrogen) atoms. The SMILES string of the molecule is Nc1nc(-n2cccn2)ns1. The van der Waals surface area contributed by atoms with Gasteiger partial charge < -0.3 is 5.73 Å². The summed E-state index contributed by atoms with van der Waals surface area (Å²) >= 11 is 1.16. The third kappa shape index (κ3) is 1.07. The van der Waals surface area contributed by atoms with Gasteiger partial charge in [-0.15, -0.1) is 4.37 Å². The van der Waals surface area contributed by atoms with Crippen molar-refractivity contribution in [3.8, 4) is 5.95 Å². The Morgan fingerprint density at radius 3 is 3.00 bits per heavy atom. The van der Waals surface area contributed by atoms with Gasteiger partial charge in [0.2, 0.25) is 5.13 Å². The van der Waals surface area contributed by atoms with Crippen molar-refractivity contribution in [3.63, 3.8) is 0 Å². The van der Waals surface area contributed by atoms with Crippen LogP contribution in [0.5, 0.6) is 0 Å². The largest absolute Gasteiger partial charge is 0.374 e. The third-order valence-electron chi connectivity index (χ3n) is 1.14. The van der Waals surface area contributed by atoms with Crippen molar-refractivity contribution in [1.29, 1.82) is 0 Å². The molecule has 0 aliphatic heterocycles. The number of nitrogen functional groups attached to an aromatic ring is 1. The van der Waals surface area contributed by atoms with Crippen molar-refractivity contribution in [1.82, 2.24) is 19.1 Å². The van der Waals surface area contributed by atoms with Gasteiger partial charge in [-0.2, -0.15) is 10.1 Å². The number of nitrogens with zero attached hydrogens (tertiary/aromatic N) is 4. The number of anilines is 1. The van der Waals surface area contributed by atoms with Gasteiger partial charge in [-0.25, -0.2) is 4.68 Å². The third-order valence-corrected chi connectivity index (χ3v) is 1.67. The van der Waals surface area contributed by atoms with Crippen LogP contribution < -0.4 is 5.73 Å². The molecule has 0 aliphatic rings. The second-order valence-electron chi connectivity index (χ2n) is 1.88. The molecule has 2 aromatic rings. The minimum absolute atomic E-state index is 0.454. The molecule has 0 unspecified atom stereocenters. The number of rotatable bonds is 1. The van der Waals surface area contributed by atoms with E-state index in [-0.39, 0.29) is 0 Å². The lowest BCUT2D eigenvalue weighted by molar-refractivity contribution is 0.830. The van der Waals surface area contributed by atoms with E-state index in [0.717, 1.165) is 11.5 Å². The van der Waals surface area contributed by atoms with E-state index in [1.54, 1.807) is 23.1 Å². The highest BCUT2D eigenvalue weighted by atomic mass is 32.1. The van der Waals surface area contributed by atoms with E-state index in [9.17, 15) is 0 Å². The summed E-state index contributed by atoms with van der Waals surface area (Å²) in [4.78, 5) is 3.94. The molecule has 0 fully saturated rings. The summed E-state index contributed by atoms with van der Waals surface area (Å²) in [5.41, 5.74) is 5.39. The van der Waals surface area contributed by atoms with E-state index in [1.807, 2.05) is 0 Å². The first kappa shape index (κ1) is 6.29. The zero-order valence-electron chi connectivity index (χ0n) is 5.51. The van der Waals surface area contributed by atoms with Gasteiger partial charge >= 0.3 is 0 Å². The number of hydrogen-bond donors (Lipinski definition) is 1. The van der Waals surface area contributed by atoms with E-state index in [4.69, 9.17) is 5.73 Å². The lowest BCUT2D eigenvalue weighted by Crippen LogP contribution is -1.96. The van der Waals surface area contributed by atoms with E-state index in [2.05, 4.69) is 14.5 Å². The van der Waals surface area contributed by atoms with Crippen LogP contribution in [0.15, 0.2) is 18.5 Å². The van der Waals surface area contributed by atoms with Crippen molar-refractivity contribution >= 4 is 16.7 Å². The number of nitrogens with two attached hydrogens (primary N) is 1. The minimum Gasteiger partial charge on any atom is -0.374 e. The maximum absolute atomic E-state index is 5.39. The van der Waals surface area contributed by atoms with Crippen molar-refractivity contribution in [2.75, 3.05) is 5.73 Å². The van der Waals surface area contributed by atoms with Gasteiger partial charge in [0.1, 0.15) is 0 Å². The van der Waals surface area contributed by atoms with Gasteiger partial charge in [-0.05, 0) is 6.07 Å². The average molecular weight is 167 g/mol. The van der Waals surface area contributed by atoms with Gasteiger partial charge in [0.15, 0.2) is 0 Å². The monoisotopic (exact) mass is 167 g/mol. The normalized spacial score (nSPS) is 10.2. The van der Waals surface area contributed by atoms with E-state index < -0.39 is 0 Å². The molecule has 56 valence electrons. The molecule has 0 saturated heterocycles. The maximum Gasteiger partial charge on any atom is 0.264 e. The molecule has 0 amide bonds. The number of aromatic nitrogens is 4. The Kier molecular flexibility index (Phi) is 1.32. The highest BCUT2D eigenvalue weighted by Crippen LogP contribution is 2.08. The van der Waals surface area contributed by atoms with E-state index >= 15 is 0 Å². The Morgan fingerprint density at radius 1 is 1.55 bits per heavy atom. The summed E-state index contributed by atoms with van der Waals surface area (Å²) in [6.07, 6.45) is 3.43. The average Bonchev–Trinajstić information content (AvgIpc) is 2.55. The Morgan fingerprint density at radius 2 is 2.45 bits per heavy atom. The molecule has 0 spiro atoms. The Labute approximate surface area is 66.7 Å². The Hall–Kier alpha value is -1.43. The van der Waals surface area contributed by atoms with Crippen LogP contribution in [0.3, 0.4) is 0 Å². The molecule has 0 bridgehead atoms. The Balaban J connectivity index is 2.45. The highest BCUT2D eigenvalue weighted by molar-refractivity contribution is 7.09. The smallest absolute Gasteiger partial charge is 0.264 e. The van der Waals surface area contributed by atoms with E-state index in [0.29, 0.717) is 11.1 Å². The van der Waals surface area contributed by atoms with Crippen LogP contribution in [0.25, 0.3) is 5.95 Å². The second kappa shape index (κ2) is 2.31. The van der Waals surface area contributed by atoms with Crippen LogP contribution in [0.1, 0.15) is 0 Å². The second-order valence-corrected chi connectivity index (χ2v) is 2.67. The van der Waals surface area contributed by atoms with Gasteiger partial charge in [-0.1, -0.05) is 0 Å². The van der Waals surface area contributed by atoms with Crippen molar-refractivity contribution < 1.29 is 0 Å². The van der Waals surface area contributed by atoms with Crippen molar-refractivity contribution in [3.05, 3.63) is 18.5 Å². The summed E-state index contributed by atoms with van der Waals surface area (Å²) in [6, 6.07) is 1.80. The number of hydrogen-bond acceptors (Lipinski definition) is 5. The molecule has 5 nitrogen and oxygen atoms in total. The van der Waals surface area contributed by atoms with Crippen LogP contribution in [0.2, 0.25) is 0 Å². The summed E-state index contributed by atoms with van der Waals surface area (Å²) in [5.74, 6) is 0.525. The molecule has 0 atom stereocenters. The molecule has 0 aliphatic carbocycles. The first-order valence-corrected chi connectivity index (χ1v) is 3.73. The van der Waals surface area contributed by atoms with Crippen LogP contribution in [-0.2, 0) is 0 Å². The zero-order chi connectivity index (χ0) is 7.68. The molecule has 2 heterocycles. The van der Waals surface area contributed by atoms with Crippen molar-refractivity contribution in [2.45, 2.75) is 0 Å². The van der Waals surface area contributed by atoms with Crippen LogP contribution in [-0.4, -0.2) is 19.1 Å². The molecule has 0 aromatic carbocycles. The first-order valence-electron chi connectivity index (χ1n) is 2.95. The first-order chi connectivity index (χ1) is 5.36. The molecular formula is C5H5N5S. The van der Waals surface area contributed by atoms with Gasteiger partial charge in [0.25, 0.3) is 5.95 Å². The predicted octanol–water partition coefficient (Wildman–Crippen LogP) is 0.306. The minimum atomic E-state index is 0.454. The molecule has 2 rings (SSSR count). The van der Waals surface area contributed by atoms with Crippen LogP contribution in [0, 0.1) is 0 Å². The summed E-state index contributed by atoms with van der Waals surface area (Å²) < 4.78 is 5.53. The fraction of sp³-hybridized carbons (Fsp3) is 0. The van der Waals surface area contributed by atoms with Crippen molar-refractivity contribution in [2.24, 2.45) is 0 Å². The fourth-order valence-electron chi connectivity index (χ4n) is 0.707. The van der Waals surface area contributed by atoms with Crippen LogP contribution in [0.4, 0.5) is 5.13 Å². The van der Waals surface area contributed by atoms with Gasteiger partial charge in [0.05, 0.1) is 0 Å². The van der Waals surface area contributed by atoms with Crippen LogP contribution >= 0.6 is 11.5 Å². The summed E-state index contributed by atoms with van der Waals surface area (Å²) in [7, 11) is 0. The maximum atomic E-state index is 5.39. The lowest BCUT2D eigenvalue weighted by Gasteiger charge is -1.88. The fourth-order valence-corrected chi connectivity index (χ4v) is 1.13. The van der Waals surface area contributed by atoms with Gasteiger partial charge in [-0.3, -0.25) is 0 Å². The standard InChI is InChI=1S/C5H5N5S/c6-4-8-5(9-11-4)10-3-1-2-7-10/h1-3H,(H2,6,8,9). The molecule has 0 saturated carbocycles. The predicted molar refractivity (Wildman–Crippen MR) is 41.4 cm³/mol. The molecular weight excluding hydrogens is 162 g/mol. The molecule has 0 radical (unpaired) electrons. The Bertz CT molecular complexity index is 337. The molecule has 2 N–H and O–H groups in total. The topological polar surface area (TPSA) is 69.6 Å². The van der Waals surface area contributed by atoms with Gasteiger partial charge in [0, 0.05) is 23.9 Å².